The largest absolute Gasteiger partial charge is 0.435 e. The fourth-order valence-corrected chi connectivity index (χ4v) is 1.88. The molecule has 2 rings (SSSR count). The molecule has 2 aromatic rings. The number of amides is 1. The first-order valence-electron chi connectivity index (χ1n) is 6.42. The van der Waals surface area contributed by atoms with Crippen LogP contribution in [0.1, 0.15) is 29.0 Å². The molecule has 0 aliphatic rings. The molecule has 1 amide bonds. The Kier molecular flexibility index (Phi) is 4.84. The van der Waals surface area contributed by atoms with Gasteiger partial charge in [0, 0.05) is 0 Å². The summed E-state index contributed by atoms with van der Waals surface area (Å²) >= 11 is 0. The number of aromatic nitrogens is 2. The van der Waals surface area contributed by atoms with Gasteiger partial charge in [-0.3, -0.25) is 20.0 Å². The van der Waals surface area contributed by atoms with Gasteiger partial charge in [-0.2, -0.15) is 13.9 Å². The van der Waals surface area contributed by atoms with Gasteiger partial charge in [-0.15, -0.1) is 0 Å². The molecule has 0 fully saturated rings. The average molecular weight is 326 g/mol. The van der Waals surface area contributed by atoms with Gasteiger partial charge in [0.1, 0.15) is 11.9 Å². The highest BCUT2D eigenvalue weighted by Crippen LogP contribution is 2.20. The molecule has 10 heteroatoms. The lowest BCUT2D eigenvalue weighted by Gasteiger charge is -2.14. The first-order valence-corrected chi connectivity index (χ1v) is 6.42. The minimum Gasteiger partial charge on any atom is -0.435 e. The Hall–Kier alpha value is -3.04. The molecule has 0 radical (unpaired) electrons. The van der Waals surface area contributed by atoms with Crippen LogP contribution >= 0.6 is 0 Å². The van der Waals surface area contributed by atoms with Crippen molar-refractivity contribution in [2.45, 2.75) is 19.6 Å². The third-order valence-corrected chi connectivity index (χ3v) is 3.00. The van der Waals surface area contributed by atoms with E-state index in [-0.39, 0.29) is 11.4 Å². The van der Waals surface area contributed by atoms with Crippen LogP contribution in [-0.4, -0.2) is 27.6 Å². The zero-order chi connectivity index (χ0) is 17.0. The molecule has 1 aromatic heterocycles. The normalized spacial score (nSPS) is 12.0. The number of H-pyrrole nitrogens is 1. The molecule has 0 bridgehead atoms. The predicted octanol–water partition coefficient (Wildman–Crippen LogP) is 2.41. The van der Waals surface area contributed by atoms with Crippen LogP contribution in [0.15, 0.2) is 30.5 Å². The average Bonchev–Trinajstić information content (AvgIpc) is 2.97. The molecular weight excluding hydrogens is 314 g/mol. The molecule has 0 saturated heterocycles. The Morgan fingerprint density at radius 2 is 2.04 bits per heavy atom. The maximum atomic E-state index is 12.1. The van der Waals surface area contributed by atoms with Crippen molar-refractivity contribution in [2.75, 3.05) is 0 Å². The Labute approximate surface area is 128 Å². The van der Waals surface area contributed by atoms with E-state index in [0.29, 0.717) is 5.56 Å². The Morgan fingerprint density at radius 3 is 2.61 bits per heavy atom. The van der Waals surface area contributed by atoms with Gasteiger partial charge in [0.15, 0.2) is 0 Å². The van der Waals surface area contributed by atoms with Crippen LogP contribution in [0.2, 0.25) is 0 Å². The molecule has 0 aliphatic heterocycles. The van der Waals surface area contributed by atoms with Gasteiger partial charge in [0.2, 0.25) is 5.69 Å². The zero-order valence-electron chi connectivity index (χ0n) is 11.8. The van der Waals surface area contributed by atoms with Crippen LogP contribution in [0.4, 0.5) is 14.5 Å². The lowest BCUT2D eigenvalue weighted by molar-refractivity contribution is -0.385. The second-order valence-electron chi connectivity index (χ2n) is 4.53. The maximum absolute atomic E-state index is 12.1. The quantitative estimate of drug-likeness (QED) is 0.625. The molecule has 122 valence electrons. The molecule has 1 aromatic carbocycles. The van der Waals surface area contributed by atoms with E-state index in [9.17, 15) is 23.7 Å². The Morgan fingerprint density at radius 1 is 1.39 bits per heavy atom. The van der Waals surface area contributed by atoms with E-state index < -0.39 is 29.2 Å². The molecule has 23 heavy (non-hydrogen) atoms. The molecule has 0 saturated carbocycles. The first kappa shape index (κ1) is 16.3. The number of hydrogen-bond acceptors (Lipinski definition) is 5. The number of rotatable bonds is 6. The number of alkyl halides is 2. The fourth-order valence-electron chi connectivity index (χ4n) is 1.88. The fraction of sp³-hybridized carbons (Fsp3) is 0.231. The van der Waals surface area contributed by atoms with Crippen molar-refractivity contribution < 1.29 is 23.2 Å². The molecule has 1 atom stereocenters. The second kappa shape index (κ2) is 6.81. The highest BCUT2D eigenvalue weighted by Gasteiger charge is 2.24. The minimum absolute atomic E-state index is 0.00789. The molecular formula is C13H12F2N4O4. The van der Waals surface area contributed by atoms with Gasteiger partial charge in [-0.1, -0.05) is 12.1 Å². The van der Waals surface area contributed by atoms with Crippen LogP contribution in [-0.2, 0) is 0 Å². The number of halogens is 2. The van der Waals surface area contributed by atoms with E-state index in [2.05, 4.69) is 20.3 Å². The third-order valence-electron chi connectivity index (χ3n) is 3.00. The summed E-state index contributed by atoms with van der Waals surface area (Å²) in [6.07, 6.45) is 0.941. The lowest BCUT2D eigenvalue weighted by Crippen LogP contribution is -2.27. The van der Waals surface area contributed by atoms with Crippen molar-refractivity contribution >= 4 is 11.6 Å². The van der Waals surface area contributed by atoms with Crippen molar-refractivity contribution in [3.05, 3.63) is 51.8 Å². The number of nitrogens with one attached hydrogen (secondary N) is 2. The molecule has 0 unspecified atom stereocenters. The minimum atomic E-state index is -2.92. The van der Waals surface area contributed by atoms with Gasteiger partial charge >= 0.3 is 12.3 Å². The van der Waals surface area contributed by atoms with Crippen LogP contribution in [0.3, 0.4) is 0 Å². The third kappa shape index (κ3) is 3.99. The first-order chi connectivity index (χ1) is 10.9. The van der Waals surface area contributed by atoms with E-state index in [1.807, 2.05) is 0 Å². The van der Waals surface area contributed by atoms with E-state index in [4.69, 9.17) is 0 Å². The summed E-state index contributed by atoms with van der Waals surface area (Å²) in [5, 5.41) is 19.0. The van der Waals surface area contributed by atoms with Gasteiger partial charge < -0.3 is 10.1 Å². The molecule has 0 spiro atoms. The maximum Gasteiger partial charge on any atom is 0.387 e. The van der Waals surface area contributed by atoms with E-state index in [1.54, 1.807) is 6.92 Å². The van der Waals surface area contributed by atoms with Crippen molar-refractivity contribution in [2.24, 2.45) is 0 Å². The molecule has 2 N–H and O–H groups in total. The number of benzene rings is 1. The van der Waals surface area contributed by atoms with E-state index in [0.717, 1.165) is 6.20 Å². The number of carbonyl (C=O) groups excluding carboxylic acids is 1. The standard InChI is InChI=1S/C13H12F2N4O4/c1-7(8-2-4-9(5-3-8)23-13(14)15)17-12(20)11-10(19(21)22)6-16-18-11/h2-7,13H,1H3,(H,16,18)(H,17,20)/t7-/m1/s1. The van der Waals surface area contributed by atoms with E-state index in [1.165, 1.54) is 24.3 Å². The highest BCUT2D eigenvalue weighted by atomic mass is 19.3. The number of nitrogens with zero attached hydrogens (tertiary/aromatic N) is 2. The van der Waals surface area contributed by atoms with Crippen molar-refractivity contribution in [3.8, 4) is 5.75 Å². The summed E-state index contributed by atoms with van der Waals surface area (Å²) in [5.74, 6) is -0.707. The number of hydrogen-bond donors (Lipinski definition) is 2. The highest BCUT2D eigenvalue weighted by molar-refractivity contribution is 5.96. The number of nitro groups is 1. The van der Waals surface area contributed by atoms with Gasteiger partial charge in [0.05, 0.1) is 11.0 Å². The van der Waals surface area contributed by atoms with E-state index >= 15 is 0 Å². The summed E-state index contributed by atoms with van der Waals surface area (Å²) < 4.78 is 28.4. The summed E-state index contributed by atoms with van der Waals surface area (Å²) in [4.78, 5) is 22.1. The number of carbonyl (C=O) groups is 1. The Bertz CT molecular complexity index is 702. The SMILES string of the molecule is C[C@@H](NC(=O)c1[nH]ncc1[N+](=O)[O-])c1ccc(OC(F)F)cc1. The van der Waals surface area contributed by atoms with Crippen LogP contribution in [0, 0.1) is 10.1 Å². The van der Waals surface area contributed by atoms with Crippen molar-refractivity contribution in [1.82, 2.24) is 15.5 Å². The molecule has 8 nitrogen and oxygen atoms in total. The van der Waals surface area contributed by atoms with Gasteiger partial charge in [0.25, 0.3) is 5.91 Å². The Balaban J connectivity index is 2.06. The summed E-state index contributed by atoms with van der Waals surface area (Å²) in [7, 11) is 0. The van der Waals surface area contributed by atoms with Gasteiger partial charge in [-0.05, 0) is 24.6 Å². The number of ether oxygens (including phenoxy) is 1. The van der Waals surface area contributed by atoms with Gasteiger partial charge in [-0.25, -0.2) is 0 Å². The predicted molar refractivity (Wildman–Crippen MR) is 74.2 cm³/mol. The van der Waals surface area contributed by atoms with Crippen molar-refractivity contribution in [1.29, 1.82) is 0 Å². The number of aromatic amines is 1. The smallest absolute Gasteiger partial charge is 0.387 e. The topological polar surface area (TPSA) is 110 Å². The van der Waals surface area contributed by atoms with Crippen molar-refractivity contribution in [3.63, 3.8) is 0 Å². The van der Waals surface area contributed by atoms with Crippen LogP contribution in [0.25, 0.3) is 0 Å². The summed E-state index contributed by atoms with van der Waals surface area (Å²) in [5.41, 5.74) is -0.0861. The zero-order valence-corrected chi connectivity index (χ0v) is 11.8. The molecule has 1 heterocycles. The molecule has 0 aliphatic carbocycles. The summed E-state index contributed by atoms with van der Waals surface area (Å²) in [6, 6.07) is 5.17. The van der Waals surface area contributed by atoms with Crippen LogP contribution < -0.4 is 10.1 Å². The monoisotopic (exact) mass is 326 g/mol. The van der Waals surface area contributed by atoms with Crippen LogP contribution in [0.5, 0.6) is 5.75 Å². The lowest BCUT2D eigenvalue weighted by atomic mass is 10.1. The second-order valence-corrected chi connectivity index (χ2v) is 4.53. The summed E-state index contributed by atoms with van der Waals surface area (Å²) in [6.45, 7) is -1.28.